The lowest BCUT2D eigenvalue weighted by Crippen LogP contribution is -2.11. The van der Waals surface area contributed by atoms with Crippen LogP contribution in [0, 0.1) is 94.7 Å². The molecular weight excluding hydrogens is 853 g/mol. The van der Waals surface area contributed by atoms with Gasteiger partial charge in [-0.2, -0.15) is 0 Å². The van der Waals surface area contributed by atoms with Crippen molar-refractivity contribution in [1.29, 1.82) is 0 Å². The van der Waals surface area contributed by atoms with E-state index in [0.29, 0.717) is 11.8 Å². The molecule has 0 aromatic heterocycles. The van der Waals surface area contributed by atoms with Crippen LogP contribution in [0.3, 0.4) is 0 Å². The van der Waals surface area contributed by atoms with Crippen molar-refractivity contribution in [2.75, 3.05) is 0 Å². The maximum atomic E-state index is 4.09. The topological polar surface area (TPSA) is 0 Å². The van der Waals surface area contributed by atoms with E-state index in [1.54, 1.807) is 5.57 Å². The SMILES string of the molecule is C/C=C(/CC[C@@H](C)C(C)C)C(C)C.C=C(CCC=C(C)C)C(C)C.C=C(CC[C@@H](C)C(C)C)C(C)C.CC(C)=CCC[C@@H](C)C(C)C.CC(C)CCC[C@@H](C)C(C)C.CCC(CC[C@@H](C)C(C)C)C(C)C. The molecule has 0 radical (unpaired) electrons. The Hall–Kier alpha value is -1.30. The van der Waals surface area contributed by atoms with Crippen LogP contribution >= 0.6 is 0 Å². The molecule has 0 fully saturated rings. The van der Waals surface area contributed by atoms with Gasteiger partial charge in [0.15, 0.2) is 0 Å². The van der Waals surface area contributed by atoms with E-state index in [-0.39, 0.29) is 0 Å². The van der Waals surface area contributed by atoms with Crippen molar-refractivity contribution < 1.29 is 0 Å². The zero-order chi connectivity index (χ0) is 57.1. The van der Waals surface area contributed by atoms with E-state index in [9.17, 15) is 0 Å². The molecule has 0 aliphatic heterocycles. The van der Waals surface area contributed by atoms with Gasteiger partial charge in [-0.3, -0.25) is 0 Å². The third kappa shape index (κ3) is 59.5. The number of allylic oxidation sites excluding steroid dienone is 8. The van der Waals surface area contributed by atoms with Gasteiger partial charge in [-0.05, 0) is 187 Å². The van der Waals surface area contributed by atoms with Crippen molar-refractivity contribution in [3.63, 3.8) is 0 Å². The van der Waals surface area contributed by atoms with Gasteiger partial charge in [0, 0.05) is 0 Å². The molecule has 0 N–H and O–H groups in total. The van der Waals surface area contributed by atoms with Gasteiger partial charge in [0.25, 0.3) is 0 Å². The number of hydrogen-bond donors (Lipinski definition) is 0. The van der Waals surface area contributed by atoms with Crippen LogP contribution in [0.5, 0.6) is 0 Å². The number of hydrogen-bond acceptors (Lipinski definition) is 0. The summed E-state index contributed by atoms with van der Waals surface area (Å²) in [6.45, 7) is 78.8. The van der Waals surface area contributed by atoms with Crippen molar-refractivity contribution in [2.24, 2.45) is 94.7 Å². The molecule has 6 atom stereocenters. The lowest BCUT2D eigenvalue weighted by Gasteiger charge is -2.22. The fourth-order valence-corrected chi connectivity index (χ4v) is 7.33. The smallest absolute Gasteiger partial charge is 0.0260 e. The Balaban J connectivity index is -0.000000179. The van der Waals surface area contributed by atoms with E-state index in [1.165, 1.54) is 99.3 Å². The fourth-order valence-electron chi connectivity index (χ4n) is 7.33. The Morgan fingerprint density at radius 2 is 0.718 bits per heavy atom. The zero-order valence-corrected chi connectivity index (χ0v) is 55.8. The Labute approximate surface area is 456 Å². The summed E-state index contributed by atoms with van der Waals surface area (Å²) >= 11 is 0. The van der Waals surface area contributed by atoms with E-state index >= 15 is 0 Å². The summed E-state index contributed by atoms with van der Waals surface area (Å²) in [5, 5.41) is 0. The van der Waals surface area contributed by atoms with Crippen molar-refractivity contribution in [3.8, 4) is 0 Å². The van der Waals surface area contributed by atoms with Crippen LogP contribution in [0.2, 0.25) is 0 Å². The minimum atomic E-state index is 0.639. The third-order valence-corrected chi connectivity index (χ3v) is 16.3. The maximum Gasteiger partial charge on any atom is -0.0260 e. The van der Waals surface area contributed by atoms with Gasteiger partial charge in [0.1, 0.15) is 0 Å². The Bertz CT molecular complexity index is 1240. The van der Waals surface area contributed by atoms with Crippen LogP contribution in [-0.2, 0) is 0 Å². The largest absolute Gasteiger partial charge is 0.0996 e. The molecule has 0 aliphatic carbocycles. The van der Waals surface area contributed by atoms with Crippen molar-refractivity contribution >= 4 is 0 Å². The first kappa shape index (κ1) is 81.1. The normalized spacial score (nSPS) is 14.1. The maximum absolute atomic E-state index is 4.09. The van der Waals surface area contributed by atoms with Gasteiger partial charge in [-0.1, -0.05) is 271 Å². The molecule has 428 valence electrons. The molecule has 0 aliphatic rings. The predicted octanol–water partition coefficient (Wildman–Crippen LogP) is 25.7. The molecule has 0 nitrogen and oxygen atoms in total. The predicted molar refractivity (Wildman–Crippen MR) is 339 cm³/mol. The second-order valence-electron chi connectivity index (χ2n) is 26.8. The van der Waals surface area contributed by atoms with E-state index in [4.69, 9.17) is 0 Å². The number of rotatable bonds is 29. The molecule has 0 rings (SSSR count). The highest BCUT2D eigenvalue weighted by Gasteiger charge is 2.15. The van der Waals surface area contributed by atoms with Crippen LogP contribution in [0.15, 0.2) is 59.3 Å². The standard InChI is InChI=1S/C13H28.C13H26.C12H24.C11H24.C11H22.C11H20/c2*1-7-13(11(4)5)9-8-12(6)10(2)3;1-9(2)11(5)7-8-12(6)10(3)4;3*1-9(2)7-6-8-11(5)10(3)4/h10-13H,7-9H2,1-6H3;7,10-12H,8-9H2,1-6H3;9-10,12H,5,7-8H2,1-4,6H3;9-11H,6-8H2,1-5H3;7,10-11H,6,8H2,1-5H3;7,10H,5-6,8H2,1-4H3/b;13-7-;;;;/t12-,13?;2*12-;2*11-;/m11111./s1. The average Bonchev–Trinajstić information content (AvgIpc) is 3.25. The Morgan fingerprint density at radius 1 is 0.366 bits per heavy atom. The van der Waals surface area contributed by atoms with Crippen molar-refractivity contribution in [2.45, 2.75) is 305 Å². The first-order valence-corrected chi connectivity index (χ1v) is 30.8. The molecule has 0 aromatic rings. The quantitative estimate of drug-likeness (QED) is 0.0655. The third-order valence-electron chi connectivity index (χ3n) is 16.3. The minimum absolute atomic E-state index is 0.639. The molecule has 0 heterocycles. The van der Waals surface area contributed by atoms with Gasteiger partial charge < -0.3 is 0 Å². The summed E-state index contributed by atoms with van der Waals surface area (Å²) < 4.78 is 0. The summed E-state index contributed by atoms with van der Waals surface area (Å²) in [6, 6.07) is 0. The van der Waals surface area contributed by atoms with E-state index in [0.717, 1.165) is 95.7 Å². The molecular formula is C71H144. The molecule has 71 heavy (non-hydrogen) atoms. The fraction of sp³-hybridized carbons (Fsp3) is 0.859. The van der Waals surface area contributed by atoms with Gasteiger partial charge in [-0.15, -0.1) is 0 Å². The van der Waals surface area contributed by atoms with Crippen LogP contribution in [0.25, 0.3) is 0 Å². The summed E-state index contributed by atoms with van der Waals surface area (Å²) in [5.74, 6) is 13.3. The van der Waals surface area contributed by atoms with Gasteiger partial charge in [0.05, 0.1) is 0 Å². The molecule has 0 saturated carbocycles. The van der Waals surface area contributed by atoms with Crippen molar-refractivity contribution in [1.82, 2.24) is 0 Å². The van der Waals surface area contributed by atoms with Crippen LogP contribution in [-0.4, -0.2) is 0 Å². The van der Waals surface area contributed by atoms with Crippen LogP contribution < -0.4 is 0 Å². The van der Waals surface area contributed by atoms with E-state index in [2.05, 4.69) is 246 Å². The molecule has 0 bridgehead atoms. The van der Waals surface area contributed by atoms with Gasteiger partial charge in [0.2, 0.25) is 0 Å². The molecule has 0 saturated heterocycles. The summed E-state index contributed by atoms with van der Waals surface area (Å²) in [7, 11) is 0. The highest BCUT2D eigenvalue weighted by atomic mass is 14.2. The average molecular weight is 998 g/mol. The second-order valence-corrected chi connectivity index (χ2v) is 26.8. The van der Waals surface area contributed by atoms with Crippen molar-refractivity contribution in [3.05, 3.63) is 59.3 Å². The van der Waals surface area contributed by atoms with Crippen LogP contribution in [0.1, 0.15) is 305 Å². The first-order chi connectivity index (χ1) is 32.5. The molecule has 0 aromatic carbocycles. The highest BCUT2D eigenvalue weighted by Crippen LogP contribution is 2.27. The lowest BCUT2D eigenvalue weighted by molar-refractivity contribution is 0.290. The monoisotopic (exact) mass is 997 g/mol. The lowest BCUT2D eigenvalue weighted by atomic mass is 9.84. The van der Waals surface area contributed by atoms with E-state index in [1.807, 2.05) is 0 Å². The summed E-state index contributed by atoms with van der Waals surface area (Å²) in [5.41, 5.74) is 7.24. The molecule has 1 unspecified atom stereocenters. The first-order valence-electron chi connectivity index (χ1n) is 30.8. The summed E-state index contributed by atoms with van der Waals surface area (Å²) in [6.07, 6.45) is 25.3. The second kappa shape index (κ2) is 50.8. The zero-order valence-electron chi connectivity index (χ0n) is 55.8. The molecule has 0 spiro atoms. The Kier molecular flexibility index (Phi) is 58.0. The van der Waals surface area contributed by atoms with Gasteiger partial charge in [-0.25, -0.2) is 0 Å². The highest BCUT2D eigenvalue weighted by molar-refractivity contribution is 5.03. The van der Waals surface area contributed by atoms with E-state index < -0.39 is 0 Å². The Morgan fingerprint density at radius 3 is 1.04 bits per heavy atom. The minimum Gasteiger partial charge on any atom is -0.0996 e. The molecule has 0 amide bonds. The summed E-state index contributed by atoms with van der Waals surface area (Å²) in [4.78, 5) is 0. The van der Waals surface area contributed by atoms with Gasteiger partial charge >= 0.3 is 0 Å². The van der Waals surface area contributed by atoms with Crippen LogP contribution in [0.4, 0.5) is 0 Å². The molecule has 0 heteroatoms.